The van der Waals surface area contributed by atoms with E-state index >= 15 is 0 Å². The molecule has 2 aromatic heterocycles. The average Bonchev–Trinajstić information content (AvgIpc) is 2.65. The van der Waals surface area contributed by atoms with Crippen LogP contribution < -0.4 is 5.56 Å². The largest absolute Gasteiger partial charge is 0.459 e. The first-order valence-corrected chi connectivity index (χ1v) is 9.93. The molecule has 27 heavy (non-hydrogen) atoms. The minimum absolute atomic E-state index is 0.171. The van der Waals surface area contributed by atoms with Gasteiger partial charge >= 0.3 is 5.97 Å². The lowest BCUT2D eigenvalue weighted by Gasteiger charge is -2.07. The van der Waals surface area contributed by atoms with Crippen LogP contribution in [-0.4, -0.2) is 29.5 Å². The number of carbonyl (C=O) groups excluding carboxylic acids is 1. The Morgan fingerprint density at radius 1 is 1.15 bits per heavy atom. The second-order valence-corrected chi connectivity index (χ2v) is 8.17. The summed E-state index contributed by atoms with van der Waals surface area (Å²) in [6.07, 6.45) is 1.32. The van der Waals surface area contributed by atoms with Crippen molar-refractivity contribution in [1.82, 2.24) is 9.38 Å². The zero-order valence-corrected chi connectivity index (χ0v) is 15.5. The van der Waals surface area contributed by atoms with Gasteiger partial charge in [0.15, 0.2) is 9.84 Å². The van der Waals surface area contributed by atoms with E-state index in [1.807, 2.05) is 6.92 Å². The molecule has 0 aliphatic rings. The molecule has 7 nitrogen and oxygen atoms in total. The molecule has 8 heteroatoms. The zero-order valence-electron chi connectivity index (χ0n) is 14.7. The molecule has 0 saturated heterocycles. The third-order valence-electron chi connectivity index (χ3n) is 3.96. The first-order valence-electron chi connectivity index (χ1n) is 8.27. The number of esters is 1. The van der Waals surface area contributed by atoms with Gasteiger partial charge in [0.2, 0.25) is 0 Å². The number of ether oxygens (including phenoxy) is 1. The Labute approximate surface area is 156 Å². The average molecular weight is 386 g/mol. The number of sulfone groups is 1. The molecular weight excluding hydrogens is 368 g/mol. The third kappa shape index (κ3) is 4.59. The summed E-state index contributed by atoms with van der Waals surface area (Å²) in [5.41, 5.74) is 1.42. The van der Waals surface area contributed by atoms with Gasteiger partial charge in [-0.15, -0.1) is 0 Å². The molecule has 3 rings (SSSR count). The van der Waals surface area contributed by atoms with Gasteiger partial charge in [0, 0.05) is 12.3 Å². The first-order chi connectivity index (χ1) is 12.8. The molecule has 2 heterocycles. The van der Waals surface area contributed by atoms with E-state index in [1.165, 1.54) is 22.6 Å². The van der Waals surface area contributed by atoms with Crippen molar-refractivity contribution in [2.24, 2.45) is 0 Å². The summed E-state index contributed by atoms with van der Waals surface area (Å²) < 4.78 is 30.9. The van der Waals surface area contributed by atoms with Crippen molar-refractivity contribution in [1.29, 1.82) is 0 Å². The van der Waals surface area contributed by atoms with Crippen molar-refractivity contribution in [3.05, 3.63) is 76.3 Å². The number of carbonyl (C=O) groups is 1. The summed E-state index contributed by atoms with van der Waals surface area (Å²) in [7, 11) is -3.56. The molecule has 1 aromatic carbocycles. The van der Waals surface area contributed by atoms with E-state index in [-0.39, 0.29) is 29.2 Å². The van der Waals surface area contributed by atoms with Gasteiger partial charge in [-0.25, -0.2) is 13.4 Å². The normalized spacial score (nSPS) is 11.4. The fourth-order valence-corrected chi connectivity index (χ4v) is 3.71. The van der Waals surface area contributed by atoms with Crippen molar-refractivity contribution < 1.29 is 17.9 Å². The Kier molecular flexibility index (Phi) is 5.36. The number of pyridine rings is 1. The van der Waals surface area contributed by atoms with Crippen molar-refractivity contribution in [3.8, 4) is 0 Å². The van der Waals surface area contributed by atoms with Crippen LogP contribution in [0.15, 0.2) is 64.4 Å². The molecule has 0 aliphatic carbocycles. The number of aromatic nitrogens is 2. The van der Waals surface area contributed by atoms with Crippen LogP contribution in [0.3, 0.4) is 0 Å². The predicted molar refractivity (Wildman–Crippen MR) is 99.1 cm³/mol. The topological polar surface area (TPSA) is 94.8 Å². The summed E-state index contributed by atoms with van der Waals surface area (Å²) in [4.78, 5) is 28.3. The van der Waals surface area contributed by atoms with Crippen molar-refractivity contribution in [2.75, 3.05) is 5.75 Å². The van der Waals surface area contributed by atoms with Gasteiger partial charge in [0.1, 0.15) is 12.3 Å². The lowest BCUT2D eigenvalue weighted by Crippen LogP contribution is -2.17. The van der Waals surface area contributed by atoms with E-state index < -0.39 is 15.8 Å². The van der Waals surface area contributed by atoms with E-state index in [2.05, 4.69) is 4.98 Å². The number of aryl methyl sites for hydroxylation is 1. The van der Waals surface area contributed by atoms with Gasteiger partial charge in [-0.1, -0.05) is 23.8 Å². The predicted octanol–water partition coefficient (Wildman–Crippen LogP) is 1.91. The molecule has 0 fully saturated rings. The van der Waals surface area contributed by atoms with Crippen molar-refractivity contribution in [2.45, 2.75) is 24.8 Å². The van der Waals surface area contributed by atoms with E-state index in [4.69, 9.17) is 4.74 Å². The molecular formula is C19H18N2O5S. The second kappa shape index (κ2) is 7.71. The highest BCUT2D eigenvalue weighted by Crippen LogP contribution is 2.13. The Morgan fingerprint density at radius 2 is 1.89 bits per heavy atom. The molecule has 0 amide bonds. The van der Waals surface area contributed by atoms with E-state index in [0.717, 1.165) is 5.56 Å². The Balaban J connectivity index is 1.60. The van der Waals surface area contributed by atoms with Crippen LogP contribution in [-0.2, 0) is 26.0 Å². The molecule has 0 atom stereocenters. The fraction of sp³-hybridized carbons (Fsp3) is 0.211. The lowest BCUT2D eigenvalue weighted by atomic mass is 10.2. The van der Waals surface area contributed by atoms with Crippen LogP contribution in [0.4, 0.5) is 0 Å². The van der Waals surface area contributed by atoms with E-state index in [1.54, 1.807) is 36.5 Å². The molecule has 0 unspecified atom stereocenters. The molecule has 0 radical (unpaired) electrons. The maximum atomic E-state index is 12.2. The van der Waals surface area contributed by atoms with Crippen molar-refractivity contribution in [3.63, 3.8) is 0 Å². The summed E-state index contributed by atoms with van der Waals surface area (Å²) >= 11 is 0. The van der Waals surface area contributed by atoms with E-state index in [0.29, 0.717) is 11.3 Å². The molecule has 0 N–H and O–H groups in total. The summed E-state index contributed by atoms with van der Waals surface area (Å²) in [6.45, 7) is 1.67. The highest BCUT2D eigenvalue weighted by atomic mass is 32.2. The highest BCUT2D eigenvalue weighted by Gasteiger charge is 2.17. The van der Waals surface area contributed by atoms with Gasteiger partial charge in [-0.3, -0.25) is 14.0 Å². The summed E-state index contributed by atoms with van der Waals surface area (Å²) in [5, 5.41) is 0. The monoisotopic (exact) mass is 386 g/mol. The van der Waals surface area contributed by atoms with Gasteiger partial charge < -0.3 is 4.74 Å². The van der Waals surface area contributed by atoms with Crippen molar-refractivity contribution >= 4 is 21.5 Å². The third-order valence-corrected chi connectivity index (χ3v) is 5.69. The molecule has 0 saturated carbocycles. The minimum Gasteiger partial charge on any atom is -0.459 e. The number of rotatable bonds is 6. The van der Waals surface area contributed by atoms with Crippen LogP contribution >= 0.6 is 0 Å². The number of fused-ring (bicyclic) bond motifs is 1. The van der Waals surface area contributed by atoms with Crippen LogP contribution in [0.2, 0.25) is 0 Å². The fourth-order valence-electron chi connectivity index (χ4n) is 2.48. The Bertz CT molecular complexity index is 1130. The first kappa shape index (κ1) is 18.8. The maximum Gasteiger partial charge on any atom is 0.307 e. The van der Waals surface area contributed by atoms with Gasteiger partial charge in [0.25, 0.3) is 5.56 Å². The van der Waals surface area contributed by atoms with E-state index in [9.17, 15) is 18.0 Å². The molecule has 0 spiro atoms. The molecule has 140 valence electrons. The zero-order chi connectivity index (χ0) is 19.4. The number of nitrogens with zero attached hydrogens (tertiary/aromatic N) is 2. The molecule has 0 bridgehead atoms. The maximum absolute atomic E-state index is 12.2. The van der Waals surface area contributed by atoms with Crippen LogP contribution in [0.5, 0.6) is 0 Å². The van der Waals surface area contributed by atoms with Gasteiger partial charge in [-0.05, 0) is 31.2 Å². The smallest absolute Gasteiger partial charge is 0.307 e. The highest BCUT2D eigenvalue weighted by molar-refractivity contribution is 7.91. The van der Waals surface area contributed by atoms with Crippen LogP contribution in [0, 0.1) is 6.92 Å². The summed E-state index contributed by atoms with van der Waals surface area (Å²) in [5.74, 6) is -1.01. The quantitative estimate of drug-likeness (QED) is 0.601. The number of hydrogen-bond donors (Lipinski definition) is 0. The van der Waals surface area contributed by atoms with Crippen LogP contribution in [0.1, 0.15) is 17.7 Å². The number of hydrogen-bond acceptors (Lipinski definition) is 6. The lowest BCUT2D eigenvalue weighted by molar-refractivity contribution is -0.144. The van der Waals surface area contributed by atoms with Crippen LogP contribution in [0.25, 0.3) is 5.65 Å². The molecule has 3 aromatic rings. The molecule has 0 aliphatic heterocycles. The second-order valence-electron chi connectivity index (χ2n) is 6.06. The van der Waals surface area contributed by atoms with Gasteiger partial charge in [-0.2, -0.15) is 0 Å². The Morgan fingerprint density at radius 3 is 2.63 bits per heavy atom. The number of benzene rings is 1. The summed E-state index contributed by atoms with van der Waals surface area (Å²) in [6, 6.07) is 12.8. The van der Waals surface area contributed by atoms with Gasteiger partial charge in [0.05, 0.1) is 22.8 Å². The standard InChI is InChI=1S/C19H18N2O5S/c1-14-5-7-16(8-6-14)27(24,25)11-9-19(23)26-13-15-12-18(22)21-10-3-2-4-17(21)20-15/h2-8,10,12H,9,11,13H2,1H3. The SMILES string of the molecule is Cc1ccc(S(=O)(=O)CCC(=O)OCc2cc(=O)n3ccccc3n2)cc1. The Hall–Kier alpha value is -3.00. The minimum atomic E-state index is -3.56.